The van der Waals surface area contributed by atoms with Crippen LogP contribution in [-0.2, 0) is 11.8 Å². The standard InChI is InChI=1S/C27H27N7O2/c1-33-23(17-8-10-19(11-9-17)32-26(35)20-14-29-20)21(22-24(28)30-15-31-25(22)33)16-4-6-18(7-5-16)27(36)34-12-2-3-13-34/h4-11,15,20,29H,2-3,12-14H2,1H3,(H,32,35)(H2,28,30,31). The van der Waals surface area contributed by atoms with Gasteiger partial charge in [-0.15, -0.1) is 0 Å². The second-order valence-electron chi connectivity index (χ2n) is 9.34. The highest BCUT2D eigenvalue weighted by atomic mass is 16.2. The summed E-state index contributed by atoms with van der Waals surface area (Å²) < 4.78 is 2.01. The predicted molar refractivity (Wildman–Crippen MR) is 139 cm³/mol. The molecule has 2 aliphatic rings. The minimum atomic E-state index is -0.101. The number of aromatic nitrogens is 3. The number of carbonyl (C=O) groups is 2. The van der Waals surface area contributed by atoms with Crippen LogP contribution in [0, 0.1) is 0 Å². The molecular formula is C27H27N7O2. The van der Waals surface area contributed by atoms with E-state index in [0.29, 0.717) is 17.9 Å². The highest BCUT2D eigenvalue weighted by Gasteiger charge is 2.29. The minimum Gasteiger partial charge on any atom is -0.383 e. The van der Waals surface area contributed by atoms with Crippen molar-refractivity contribution in [2.24, 2.45) is 7.05 Å². The minimum absolute atomic E-state index is 0.0281. The number of amides is 2. The van der Waals surface area contributed by atoms with E-state index in [0.717, 1.165) is 65.0 Å². The summed E-state index contributed by atoms with van der Waals surface area (Å²) in [6, 6.07) is 15.3. The second kappa shape index (κ2) is 8.76. The van der Waals surface area contributed by atoms with Gasteiger partial charge in [0, 0.05) is 43.5 Å². The first-order chi connectivity index (χ1) is 17.5. The zero-order valence-corrected chi connectivity index (χ0v) is 20.0. The van der Waals surface area contributed by atoms with E-state index in [4.69, 9.17) is 5.73 Å². The molecule has 36 heavy (non-hydrogen) atoms. The third-order valence-corrected chi connectivity index (χ3v) is 6.96. The summed E-state index contributed by atoms with van der Waals surface area (Å²) in [5.41, 5.74) is 12.2. The van der Waals surface area contributed by atoms with E-state index in [9.17, 15) is 9.59 Å². The van der Waals surface area contributed by atoms with Crippen LogP contribution in [0.4, 0.5) is 11.5 Å². The number of benzene rings is 2. The molecule has 182 valence electrons. The molecule has 1 unspecified atom stereocenters. The van der Waals surface area contributed by atoms with Gasteiger partial charge in [-0.2, -0.15) is 0 Å². The fourth-order valence-electron chi connectivity index (χ4n) is 4.96. The van der Waals surface area contributed by atoms with Gasteiger partial charge in [-0.25, -0.2) is 9.97 Å². The highest BCUT2D eigenvalue weighted by molar-refractivity contribution is 6.08. The third-order valence-electron chi connectivity index (χ3n) is 6.96. The number of carbonyl (C=O) groups excluding carboxylic acids is 2. The Hall–Kier alpha value is -4.24. The smallest absolute Gasteiger partial charge is 0.253 e. The van der Waals surface area contributed by atoms with Crippen LogP contribution in [0.2, 0.25) is 0 Å². The normalized spacial score (nSPS) is 16.9. The summed E-state index contributed by atoms with van der Waals surface area (Å²) in [7, 11) is 1.95. The van der Waals surface area contributed by atoms with E-state index in [2.05, 4.69) is 20.6 Å². The van der Waals surface area contributed by atoms with Crippen molar-refractivity contribution >= 4 is 34.4 Å². The summed E-state index contributed by atoms with van der Waals surface area (Å²) in [6.45, 7) is 2.35. The number of nitrogens with two attached hydrogens (primary N) is 1. The number of hydrogen-bond acceptors (Lipinski definition) is 6. The molecule has 9 heteroatoms. The summed E-state index contributed by atoms with van der Waals surface area (Å²) in [5, 5.41) is 6.71. The molecule has 2 aromatic carbocycles. The molecule has 4 N–H and O–H groups in total. The van der Waals surface area contributed by atoms with Gasteiger partial charge in [0.2, 0.25) is 5.91 Å². The van der Waals surface area contributed by atoms with E-state index in [1.165, 1.54) is 6.33 Å². The van der Waals surface area contributed by atoms with Crippen LogP contribution in [0.5, 0.6) is 0 Å². The van der Waals surface area contributed by atoms with Gasteiger partial charge in [0.15, 0.2) is 0 Å². The molecule has 1 atom stereocenters. The molecule has 0 saturated carbocycles. The molecule has 0 radical (unpaired) electrons. The molecule has 0 aliphatic carbocycles. The number of likely N-dealkylation sites (tertiary alicyclic amines) is 1. The van der Waals surface area contributed by atoms with Crippen LogP contribution < -0.4 is 16.4 Å². The first kappa shape index (κ1) is 22.2. The first-order valence-corrected chi connectivity index (χ1v) is 12.1. The van der Waals surface area contributed by atoms with Gasteiger partial charge in [-0.05, 0) is 48.2 Å². The van der Waals surface area contributed by atoms with Crippen molar-refractivity contribution in [3.63, 3.8) is 0 Å². The Kier molecular flexibility index (Phi) is 5.41. The summed E-state index contributed by atoms with van der Waals surface area (Å²) in [4.78, 5) is 35.6. The lowest BCUT2D eigenvalue weighted by Gasteiger charge is -2.15. The van der Waals surface area contributed by atoms with E-state index in [-0.39, 0.29) is 17.9 Å². The fourth-order valence-corrected chi connectivity index (χ4v) is 4.96. The Balaban J connectivity index is 1.41. The molecule has 2 fully saturated rings. The van der Waals surface area contributed by atoms with Crippen molar-refractivity contribution in [1.29, 1.82) is 0 Å². The first-order valence-electron chi connectivity index (χ1n) is 12.1. The molecule has 0 bridgehead atoms. The SMILES string of the molecule is Cn1c(-c2ccc(NC(=O)C3CN3)cc2)c(-c2ccc(C(=O)N3CCCC3)cc2)c2c(N)ncnc21. The Morgan fingerprint density at radius 2 is 1.67 bits per heavy atom. The van der Waals surface area contributed by atoms with Gasteiger partial charge in [-0.1, -0.05) is 24.3 Å². The van der Waals surface area contributed by atoms with Crippen LogP contribution in [0.15, 0.2) is 54.9 Å². The summed E-state index contributed by atoms with van der Waals surface area (Å²) >= 11 is 0. The topological polar surface area (TPSA) is 128 Å². The fraction of sp³-hybridized carbons (Fsp3) is 0.259. The largest absolute Gasteiger partial charge is 0.383 e. The maximum atomic E-state index is 12.9. The number of nitrogens with zero attached hydrogens (tertiary/aromatic N) is 4. The zero-order valence-electron chi connectivity index (χ0n) is 20.0. The zero-order chi connectivity index (χ0) is 24.8. The Labute approximate surface area is 208 Å². The number of nitrogens with one attached hydrogen (secondary N) is 2. The lowest BCUT2D eigenvalue weighted by atomic mass is 9.97. The van der Waals surface area contributed by atoms with Crippen molar-refractivity contribution in [1.82, 2.24) is 24.8 Å². The molecular weight excluding hydrogens is 454 g/mol. The van der Waals surface area contributed by atoms with Crippen LogP contribution >= 0.6 is 0 Å². The van der Waals surface area contributed by atoms with E-state index in [1.54, 1.807) is 0 Å². The van der Waals surface area contributed by atoms with Crippen LogP contribution in [0.3, 0.4) is 0 Å². The summed E-state index contributed by atoms with van der Waals surface area (Å²) in [6.07, 6.45) is 3.58. The average Bonchev–Trinajstić information content (AvgIpc) is 3.52. The van der Waals surface area contributed by atoms with Gasteiger partial charge in [-0.3, -0.25) is 9.59 Å². The number of aryl methyl sites for hydroxylation is 1. The van der Waals surface area contributed by atoms with Gasteiger partial charge in [0.1, 0.15) is 17.8 Å². The van der Waals surface area contributed by atoms with Gasteiger partial charge in [0.25, 0.3) is 5.91 Å². The molecule has 2 amide bonds. The highest BCUT2D eigenvalue weighted by Crippen LogP contribution is 2.41. The molecule has 9 nitrogen and oxygen atoms in total. The van der Waals surface area contributed by atoms with Crippen molar-refractivity contribution in [2.45, 2.75) is 18.9 Å². The van der Waals surface area contributed by atoms with E-state index >= 15 is 0 Å². The lowest BCUT2D eigenvalue weighted by molar-refractivity contribution is -0.115. The number of nitrogen functional groups attached to an aromatic ring is 1. The third kappa shape index (κ3) is 3.87. The van der Waals surface area contributed by atoms with Crippen molar-refractivity contribution in [3.8, 4) is 22.4 Å². The van der Waals surface area contributed by atoms with Crippen molar-refractivity contribution in [3.05, 3.63) is 60.4 Å². The van der Waals surface area contributed by atoms with Crippen LogP contribution in [0.1, 0.15) is 23.2 Å². The van der Waals surface area contributed by atoms with Gasteiger partial charge < -0.3 is 25.8 Å². The van der Waals surface area contributed by atoms with E-state index < -0.39 is 0 Å². The van der Waals surface area contributed by atoms with Gasteiger partial charge in [0.05, 0.1) is 17.1 Å². The molecule has 0 spiro atoms. The monoisotopic (exact) mass is 481 g/mol. The number of rotatable bonds is 5. The van der Waals surface area contributed by atoms with Crippen molar-refractivity contribution in [2.75, 3.05) is 30.7 Å². The molecule has 2 aliphatic heterocycles. The molecule has 2 aromatic heterocycles. The Bertz CT molecular complexity index is 1470. The molecule has 4 aromatic rings. The van der Waals surface area contributed by atoms with Gasteiger partial charge >= 0.3 is 0 Å². The lowest BCUT2D eigenvalue weighted by Crippen LogP contribution is -2.27. The Morgan fingerprint density at radius 1 is 1.00 bits per heavy atom. The van der Waals surface area contributed by atoms with Crippen LogP contribution in [0.25, 0.3) is 33.4 Å². The second-order valence-corrected chi connectivity index (χ2v) is 9.34. The maximum Gasteiger partial charge on any atom is 0.253 e. The molecule has 2 saturated heterocycles. The number of anilines is 2. The summed E-state index contributed by atoms with van der Waals surface area (Å²) in [5.74, 6) is 0.439. The molecule has 4 heterocycles. The van der Waals surface area contributed by atoms with Crippen LogP contribution in [-0.4, -0.2) is 56.9 Å². The quantitative estimate of drug-likeness (QED) is 0.376. The van der Waals surface area contributed by atoms with E-state index in [1.807, 2.05) is 65.0 Å². The predicted octanol–water partition coefficient (Wildman–Crippen LogP) is 3.03. The number of fused-ring (bicyclic) bond motifs is 1. The average molecular weight is 482 g/mol. The Morgan fingerprint density at radius 3 is 2.33 bits per heavy atom. The van der Waals surface area contributed by atoms with Crippen molar-refractivity contribution < 1.29 is 9.59 Å². The maximum absolute atomic E-state index is 12.9. The molecule has 6 rings (SSSR count). The number of hydrogen-bond donors (Lipinski definition) is 3.